The van der Waals surface area contributed by atoms with E-state index in [4.69, 9.17) is 9.47 Å². The second-order valence-corrected chi connectivity index (χ2v) is 4.88. The molecule has 4 nitrogen and oxygen atoms in total. The van der Waals surface area contributed by atoms with Crippen molar-refractivity contribution in [3.63, 3.8) is 0 Å². The molecule has 1 aromatic carbocycles. The highest BCUT2D eigenvalue weighted by Gasteiger charge is 2.28. The van der Waals surface area contributed by atoms with Crippen molar-refractivity contribution in [2.75, 3.05) is 20.2 Å². The van der Waals surface area contributed by atoms with Gasteiger partial charge in [0.2, 0.25) is 5.78 Å². The maximum atomic E-state index is 12.3. The van der Waals surface area contributed by atoms with E-state index in [9.17, 15) is 4.79 Å². The highest BCUT2D eigenvalue weighted by molar-refractivity contribution is 6.12. The van der Waals surface area contributed by atoms with Gasteiger partial charge in [0.1, 0.15) is 11.5 Å². The van der Waals surface area contributed by atoms with Crippen LogP contribution in [0.25, 0.3) is 0 Å². The van der Waals surface area contributed by atoms with Gasteiger partial charge in [-0.25, -0.2) is 0 Å². The summed E-state index contributed by atoms with van der Waals surface area (Å²) in [5, 5.41) is 0. The number of nitrogens with zero attached hydrogens (tertiary/aromatic N) is 1. The zero-order valence-electron chi connectivity index (χ0n) is 11.0. The van der Waals surface area contributed by atoms with Crippen LogP contribution in [0.2, 0.25) is 0 Å². The molecular formula is C15H17NO3. The van der Waals surface area contributed by atoms with Gasteiger partial charge in [-0.2, -0.15) is 0 Å². The predicted molar refractivity (Wildman–Crippen MR) is 71.5 cm³/mol. The van der Waals surface area contributed by atoms with Gasteiger partial charge in [0.05, 0.1) is 12.7 Å². The van der Waals surface area contributed by atoms with E-state index in [0.29, 0.717) is 22.8 Å². The third-order valence-electron chi connectivity index (χ3n) is 3.57. The lowest BCUT2D eigenvalue weighted by Gasteiger charge is -2.24. The Morgan fingerprint density at radius 1 is 1.26 bits per heavy atom. The number of fused-ring (bicyclic) bond motifs is 1. The molecular weight excluding hydrogens is 242 g/mol. The van der Waals surface area contributed by atoms with Gasteiger partial charge >= 0.3 is 0 Å². The Labute approximate surface area is 112 Å². The molecule has 0 saturated carbocycles. The molecule has 0 atom stereocenters. The van der Waals surface area contributed by atoms with Crippen molar-refractivity contribution in [2.24, 2.45) is 0 Å². The zero-order valence-corrected chi connectivity index (χ0v) is 11.0. The van der Waals surface area contributed by atoms with Gasteiger partial charge in [0, 0.05) is 19.3 Å². The summed E-state index contributed by atoms with van der Waals surface area (Å²) in [7, 11) is 1.59. The highest BCUT2D eigenvalue weighted by atomic mass is 16.5. The van der Waals surface area contributed by atoms with Crippen LogP contribution < -0.4 is 9.47 Å². The van der Waals surface area contributed by atoms with Crippen molar-refractivity contribution in [2.45, 2.75) is 19.3 Å². The average molecular weight is 259 g/mol. The zero-order chi connectivity index (χ0) is 13.2. The van der Waals surface area contributed by atoms with Crippen molar-refractivity contribution in [1.29, 1.82) is 0 Å². The first-order valence-electron chi connectivity index (χ1n) is 6.64. The highest BCUT2D eigenvalue weighted by Crippen LogP contribution is 2.33. The Kier molecular flexibility index (Phi) is 3.15. The summed E-state index contributed by atoms with van der Waals surface area (Å²) in [6, 6.07) is 5.31. The Morgan fingerprint density at radius 3 is 2.79 bits per heavy atom. The number of hydrogen-bond donors (Lipinski definition) is 0. The normalized spacial score (nSPS) is 20.4. The SMILES string of the molecule is COc1ccc2c(c1)C(=O)/C(=C\N1CCCCC1)O2. The molecule has 0 bridgehead atoms. The molecule has 0 aromatic heterocycles. The summed E-state index contributed by atoms with van der Waals surface area (Å²) in [4.78, 5) is 14.4. The Balaban J connectivity index is 1.84. The molecule has 1 aromatic rings. The summed E-state index contributed by atoms with van der Waals surface area (Å²) >= 11 is 0. The fourth-order valence-electron chi connectivity index (χ4n) is 2.50. The third-order valence-corrected chi connectivity index (χ3v) is 3.57. The molecule has 0 amide bonds. The topological polar surface area (TPSA) is 38.8 Å². The van der Waals surface area contributed by atoms with Crippen LogP contribution in [0.1, 0.15) is 29.6 Å². The number of carbonyl (C=O) groups is 1. The fourth-order valence-corrected chi connectivity index (χ4v) is 2.50. The molecule has 0 N–H and O–H groups in total. The Morgan fingerprint density at radius 2 is 2.05 bits per heavy atom. The average Bonchev–Trinajstić information content (AvgIpc) is 2.76. The lowest BCUT2D eigenvalue weighted by molar-refractivity contribution is 0.101. The predicted octanol–water partition coefficient (Wildman–Crippen LogP) is 2.60. The maximum Gasteiger partial charge on any atom is 0.233 e. The van der Waals surface area contributed by atoms with E-state index in [0.717, 1.165) is 13.1 Å². The second-order valence-electron chi connectivity index (χ2n) is 4.88. The number of Topliss-reactive ketones (excluding diaryl/α,β-unsaturated/α-hetero) is 1. The number of carbonyl (C=O) groups excluding carboxylic acids is 1. The molecule has 2 aliphatic heterocycles. The van der Waals surface area contributed by atoms with Crippen molar-refractivity contribution in [3.8, 4) is 11.5 Å². The fraction of sp³-hybridized carbons (Fsp3) is 0.400. The van der Waals surface area contributed by atoms with Crippen molar-refractivity contribution in [1.82, 2.24) is 4.90 Å². The van der Waals surface area contributed by atoms with Crippen LogP contribution in [0.4, 0.5) is 0 Å². The van der Waals surface area contributed by atoms with Gasteiger partial charge < -0.3 is 14.4 Å². The monoisotopic (exact) mass is 259 g/mol. The number of rotatable bonds is 2. The summed E-state index contributed by atoms with van der Waals surface area (Å²) in [5.41, 5.74) is 0.586. The van der Waals surface area contributed by atoms with Gasteiger partial charge in [-0.05, 0) is 37.5 Å². The first-order valence-corrected chi connectivity index (χ1v) is 6.64. The van der Waals surface area contributed by atoms with Crippen molar-refractivity contribution >= 4 is 5.78 Å². The van der Waals surface area contributed by atoms with E-state index in [1.54, 1.807) is 25.3 Å². The molecule has 0 radical (unpaired) electrons. The molecule has 0 spiro atoms. The van der Waals surface area contributed by atoms with Gasteiger partial charge in [-0.15, -0.1) is 0 Å². The molecule has 1 fully saturated rings. The van der Waals surface area contributed by atoms with E-state index in [1.165, 1.54) is 19.3 Å². The van der Waals surface area contributed by atoms with E-state index in [-0.39, 0.29) is 5.78 Å². The van der Waals surface area contributed by atoms with E-state index in [1.807, 2.05) is 6.20 Å². The first kappa shape index (κ1) is 12.1. The first-order chi connectivity index (χ1) is 9.28. The number of piperidine rings is 1. The summed E-state index contributed by atoms with van der Waals surface area (Å²) in [6.45, 7) is 2.00. The Bertz CT molecular complexity index is 530. The van der Waals surface area contributed by atoms with Gasteiger partial charge in [0.15, 0.2) is 5.76 Å². The van der Waals surface area contributed by atoms with Crippen LogP contribution in [0.5, 0.6) is 11.5 Å². The molecule has 1 saturated heterocycles. The van der Waals surface area contributed by atoms with Gasteiger partial charge in [-0.3, -0.25) is 4.79 Å². The van der Waals surface area contributed by atoms with Crippen LogP contribution in [-0.4, -0.2) is 30.9 Å². The minimum atomic E-state index is -0.0560. The molecule has 4 heteroatoms. The molecule has 0 unspecified atom stereocenters. The number of methoxy groups -OCH3 is 1. The van der Waals surface area contributed by atoms with E-state index in [2.05, 4.69) is 4.90 Å². The lowest BCUT2D eigenvalue weighted by atomic mass is 10.1. The van der Waals surface area contributed by atoms with Gasteiger partial charge in [-0.1, -0.05) is 0 Å². The summed E-state index contributed by atoms with van der Waals surface area (Å²) < 4.78 is 10.8. The molecule has 2 aliphatic rings. The molecule has 100 valence electrons. The number of ketones is 1. The molecule has 0 aliphatic carbocycles. The van der Waals surface area contributed by atoms with Crippen molar-refractivity contribution < 1.29 is 14.3 Å². The van der Waals surface area contributed by atoms with Crippen LogP contribution in [-0.2, 0) is 0 Å². The quantitative estimate of drug-likeness (QED) is 0.765. The van der Waals surface area contributed by atoms with Gasteiger partial charge in [0.25, 0.3) is 0 Å². The number of likely N-dealkylation sites (tertiary alicyclic amines) is 1. The van der Waals surface area contributed by atoms with Crippen LogP contribution >= 0.6 is 0 Å². The summed E-state index contributed by atoms with van der Waals surface area (Å²) in [6.07, 6.45) is 5.48. The Hall–Kier alpha value is -1.97. The minimum Gasteiger partial charge on any atom is -0.497 e. The minimum absolute atomic E-state index is 0.0560. The summed E-state index contributed by atoms with van der Waals surface area (Å²) in [5.74, 6) is 1.66. The second kappa shape index (κ2) is 4.96. The maximum absolute atomic E-state index is 12.3. The van der Waals surface area contributed by atoms with Crippen LogP contribution in [0, 0.1) is 0 Å². The lowest BCUT2D eigenvalue weighted by Crippen LogP contribution is -2.25. The van der Waals surface area contributed by atoms with Crippen molar-refractivity contribution in [3.05, 3.63) is 35.7 Å². The standard InChI is InChI=1S/C15H17NO3/c1-18-11-5-6-13-12(9-11)15(17)14(19-13)10-16-7-3-2-4-8-16/h5-6,9-10H,2-4,7-8H2,1H3/b14-10+. The number of allylic oxidation sites excluding steroid dienone is 1. The molecule has 3 rings (SSSR count). The molecule has 2 heterocycles. The number of ether oxygens (including phenoxy) is 2. The van der Waals surface area contributed by atoms with E-state index < -0.39 is 0 Å². The van der Waals surface area contributed by atoms with E-state index >= 15 is 0 Å². The number of hydrogen-bond acceptors (Lipinski definition) is 4. The smallest absolute Gasteiger partial charge is 0.233 e. The van der Waals surface area contributed by atoms with Crippen LogP contribution in [0.3, 0.4) is 0 Å². The van der Waals surface area contributed by atoms with Crippen LogP contribution in [0.15, 0.2) is 30.2 Å². The third kappa shape index (κ3) is 2.30. The molecule has 19 heavy (non-hydrogen) atoms. The largest absolute Gasteiger partial charge is 0.497 e. The number of benzene rings is 1.